The molecule has 5 fully saturated rings. The molecule has 1 aromatic rings. The van der Waals surface area contributed by atoms with Crippen LogP contribution in [-0.4, -0.2) is 77.5 Å². The summed E-state index contributed by atoms with van der Waals surface area (Å²) in [6.45, 7) is 24.4. The molecule has 1 aliphatic heterocycles. The molecule has 4 N–H and O–H groups in total. The van der Waals surface area contributed by atoms with Gasteiger partial charge in [0.25, 0.3) is 0 Å². The number of rotatable bonds is 7. The molecular formula is C44H64N4O4. The lowest BCUT2D eigenvalue weighted by Crippen LogP contribution is -2.68. The Morgan fingerprint density at radius 1 is 0.885 bits per heavy atom. The van der Waals surface area contributed by atoms with E-state index in [9.17, 15) is 19.5 Å². The van der Waals surface area contributed by atoms with Gasteiger partial charge in [-0.05, 0) is 139 Å². The molecule has 284 valence electrons. The van der Waals surface area contributed by atoms with E-state index in [1.54, 1.807) is 17.0 Å². The molecule has 0 aromatic heterocycles. The van der Waals surface area contributed by atoms with Crippen LogP contribution in [0.4, 0.5) is 0 Å². The normalized spacial score (nSPS) is 39.7. The number of carboxylic acid groups (broad SMARTS) is 1. The SMILES string of the molecule is C=C(C)[C@@H]1CC[C@]2(NCCN3CCN(C(=O)C(N)=O)CC3)CC[C@]3(C)[C@H](CC[C@@H]4[C@@]5(C)CC=C(c6ccc(C(=O)O)cc6)C(C)(C)[C@@H]5CC[C@]43C)[C@@H]12. The first-order chi connectivity index (χ1) is 24.5. The summed E-state index contributed by atoms with van der Waals surface area (Å²) in [7, 11) is 0. The van der Waals surface area contributed by atoms with Crippen LogP contribution in [0.2, 0.25) is 0 Å². The number of carboxylic acids is 1. The van der Waals surface area contributed by atoms with E-state index in [1.165, 1.54) is 68.1 Å². The number of benzene rings is 1. The molecule has 1 heterocycles. The number of piperazine rings is 1. The van der Waals surface area contributed by atoms with Crippen molar-refractivity contribution < 1.29 is 19.5 Å². The maximum absolute atomic E-state index is 12.1. The fourth-order valence-electron chi connectivity index (χ4n) is 14.1. The fraction of sp³-hybridized carbons (Fsp3) is 0.705. The summed E-state index contributed by atoms with van der Waals surface area (Å²) in [6.07, 6.45) is 13.7. The van der Waals surface area contributed by atoms with Crippen molar-refractivity contribution in [2.75, 3.05) is 39.3 Å². The van der Waals surface area contributed by atoms with Gasteiger partial charge >= 0.3 is 17.8 Å². The predicted octanol–water partition coefficient (Wildman–Crippen LogP) is 7.01. The van der Waals surface area contributed by atoms with Gasteiger partial charge in [0.2, 0.25) is 0 Å². The minimum Gasteiger partial charge on any atom is -0.478 e. The van der Waals surface area contributed by atoms with E-state index in [1.807, 2.05) is 12.1 Å². The number of hydrogen-bond acceptors (Lipinski definition) is 5. The zero-order valence-corrected chi connectivity index (χ0v) is 32.7. The Morgan fingerprint density at radius 3 is 2.21 bits per heavy atom. The van der Waals surface area contributed by atoms with E-state index in [0.717, 1.165) is 32.6 Å². The first-order valence-corrected chi connectivity index (χ1v) is 20.2. The molecule has 1 aromatic carbocycles. The molecule has 8 nitrogen and oxygen atoms in total. The molecule has 0 bridgehead atoms. The molecule has 0 radical (unpaired) electrons. The number of amides is 2. The molecule has 8 heteroatoms. The van der Waals surface area contributed by atoms with E-state index in [0.29, 0.717) is 48.2 Å². The second-order valence-corrected chi connectivity index (χ2v) is 19.2. The molecular weight excluding hydrogens is 649 g/mol. The highest BCUT2D eigenvalue weighted by molar-refractivity contribution is 6.34. The van der Waals surface area contributed by atoms with Crippen LogP contribution in [0.25, 0.3) is 5.57 Å². The third-order valence-corrected chi connectivity index (χ3v) is 16.9. The second kappa shape index (κ2) is 13.1. The van der Waals surface area contributed by atoms with E-state index in [2.05, 4.69) is 64.4 Å². The van der Waals surface area contributed by atoms with Gasteiger partial charge in [0.15, 0.2) is 0 Å². The highest BCUT2D eigenvalue weighted by Gasteiger charge is 2.70. The zero-order valence-electron chi connectivity index (χ0n) is 32.7. The lowest BCUT2D eigenvalue weighted by molar-refractivity contribution is -0.219. The lowest BCUT2D eigenvalue weighted by atomic mass is 9.33. The van der Waals surface area contributed by atoms with Gasteiger partial charge in [-0.2, -0.15) is 0 Å². The van der Waals surface area contributed by atoms with E-state index in [-0.39, 0.29) is 27.2 Å². The van der Waals surface area contributed by atoms with Crippen LogP contribution < -0.4 is 11.1 Å². The first-order valence-electron chi connectivity index (χ1n) is 20.2. The number of primary amides is 1. The van der Waals surface area contributed by atoms with E-state index < -0.39 is 17.8 Å². The highest BCUT2D eigenvalue weighted by Crippen LogP contribution is 2.76. The molecule has 6 aliphatic rings. The highest BCUT2D eigenvalue weighted by atomic mass is 16.4. The molecule has 5 aliphatic carbocycles. The Morgan fingerprint density at radius 2 is 1.58 bits per heavy atom. The standard InChI is InChI=1S/C44H64N4O4/c1-28(2)31-14-19-44(46-22-23-47-24-26-48(27-25-47)38(50)37(45)49)21-20-42(6)33(36(31)44)12-13-35-41(5)17-15-32(29-8-10-30(11-9-29)39(51)52)40(3,4)34(41)16-18-43(35,42)7/h8-11,15,31,33-36,46H,1,12-14,16-27H2,2-7H3,(H2,45,49)(H,51,52)/t31-,33+,34-,35+,36+,41-,42+,43+,44-/m0/s1. The summed E-state index contributed by atoms with van der Waals surface area (Å²) in [5.74, 6) is 0.758. The van der Waals surface area contributed by atoms with Crippen molar-refractivity contribution in [3.8, 4) is 0 Å². The number of nitrogens with two attached hydrogens (primary N) is 1. The monoisotopic (exact) mass is 712 g/mol. The number of aromatic carboxylic acids is 1. The van der Waals surface area contributed by atoms with E-state index in [4.69, 9.17) is 5.73 Å². The van der Waals surface area contributed by atoms with Crippen molar-refractivity contribution in [3.05, 3.63) is 53.6 Å². The van der Waals surface area contributed by atoms with Crippen molar-refractivity contribution in [3.63, 3.8) is 0 Å². The van der Waals surface area contributed by atoms with Crippen LogP contribution in [0.5, 0.6) is 0 Å². The topological polar surface area (TPSA) is 116 Å². The Hall–Kier alpha value is -2.97. The molecule has 4 saturated carbocycles. The summed E-state index contributed by atoms with van der Waals surface area (Å²) in [6, 6.07) is 7.57. The Labute approximate surface area is 312 Å². The predicted molar refractivity (Wildman–Crippen MR) is 206 cm³/mol. The minimum absolute atomic E-state index is 0.00295. The van der Waals surface area contributed by atoms with E-state index >= 15 is 0 Å². The molecule has 0 unspecified atom stereocenters. The zero-order chi connectivity index (χ0) is 37.4. The third-order valence-electron chi connectivity index (χ3n) is 16.9. The van der Waals surface area contributed by atoms with Crippen LogP contribution in [0.1, 0.15) is 115 Å². The van der Waals surface area contributed by atoms with Crippen LogP contribution in [0.15, 0.2) is 42.5 Å². The van der Waals surface area contributed by atoms with Crippen molar-refractivity contribution in [1.82, 2.24) is 15.1 Å². The number of carbonyl (C=O) groups is 3. The number of carbonyl (C=O) groups excluding carboxylic acids is 2. The largest absolute Gasteiger partial charge is 0.478 e. The Balaban J connectivity index is 1.10. The summed E-state index contributed by atoms with van der Waals surface area (Å²) in [5.41, 5.74) is 10.4. The van der Waals surface area contributed by atoms with Gasteiger partial charge < -0.3 is 21.1 Å². The fourth-order valence-corrected chi connectivity index (χ4v) is 14.1. The van der Waals surface area contributed by atoms with Crippen molar-refractivity contribution >= 4 is 23.4 Å². The van der Waals surface area contributed by atoms with Crippen LogP contribution in [0, 0.1) is 51.2 Å². The van der Waals surface area contributed by atoms with Gasteiger partial charge in [0, 0.05) is 44.8 Å². The average Bonchev–Trinajstić information content (AvgIpc) is 3.48. The van der Waals surface area contributed by atoms with Crippen LogP contribution in [-0.2, 0) is 9.59 Å². The number of hydrogen-bond donors (Lipinski definition) is 3. The van der Waals surface area contributed by atoms with Crippen LogP contribution in [0.3, 0.4) is 0 Å². The van der Waals surface area contributed by atoms with Gasteiger partial charge in [0.1, 0.15) is 0 Å². The lowest BCUT2D eigenvalue weighted by Gasteiger charge is -2.72. The Bertz CT molecular complexity index is 1640. The van der Waals surface area contributed by atoms with Crippen molar-refractivity contribution in [2.45, 2.75) is 105 Å². The van der Waals surface area contributed by atoms with Crippen molar-refractivity contribution in [1.29, 1.82) is 0 Å². The van der Waals surface area contributed by atoms with Gasteiger partial charge in [-0.1, -0.05) is 65.0 Å². The summed E-state index contributed by atoms with van der Waals surface area (Å²) < 4.78 is 0. The van der Waals surface area contributed by atoms with Gasteiger partial charge in [-0.25, -0.2) is 4.79 Å². The summed E-state index contributed by atoms with van der Waals surface area (Å²) in [5, 5.41) is 13.7. The Kier molecular flexibility index (Phi) is 9.41. The summed E-state index contributed by atoms with van der Waals surface area (Å²) in [4.78, 5) is 39.1. The van der Waals surface area contributed by atoms with Gasteiger partial charge in [-0.3, -0.25) is 14.5 Å². The maximum atomic E-state index is 12.1. The van der Waals surface area contributed by atoms with Gasteiger partial charge in [-0.15, -0.1) is 0 Å². The number of nitrogens with zero attached hydrogens (tertiary/aromatic N) is 2. The molecule has 2 amide bonds. The smallest absolute Gasteiger partial charge is 0.335 e. The minimum atomic E-state index is -0.873. The maximum Gasteiger partial charge on any atom is 0.335 e. The number of nitrogens with one attached hydrogen (secondary N) is 1. The third kappa shape index (κ3) is 5.63. The molecule has 0 spiro atoms. The summed E-state index contributed by atoms with van der Waals surface area (Å²) >= 11 is 0. The quantitative estimate of drug-likeness (QED) is 0.207. The molecule has 7 rings (SSSR count). The molecule has 1 saturated heterocycles. The van der Waals surface area contributed by atoms with Gasteiger partial charge in [0.05, 0.1) is 5.56 Å². The van der Waals surface area contributed by atoms with Crippen LogP contribution >= 0.6 is 0 Å². The molecule has 52 heavy (non-hydrogen) atoms. The number of fused-ring (bicyclic) bond motifs is 7. The first kappa shape index (κ1) is 37.3. The van der Waals surface area contributed by atoms with Crippen molar-refractivity contribution in [2.24, 2.45) is 57.0 Å². The molecule has 9 atom stereocenters. The second-order valence-electron chi connectivity index (χ2n) is 19.2. The average molecular weight is 713 g/mol. The number of allylic oxidation sites excluding steroid dienone is 3.